The second kappa shape index (κ2) is 17.8. The zero-order chi connectivity index (χ0) is 40.1. The number of aliphatic imine (C=N–C) groups is 1. The van der Waals surface area contributed by atoms with Gasteiger partial charge in [0.15, 0.2) is 0 Å². The number of amides is 3. The van der Waals surface area contributed by atoms with E-state index in [4.69, 9.17) is 24.2 Å². The molecule has 3 aliphatic rings. The molecule has 2 aromatic heterocycles. The summed E-state index contributed by atoms with van der Waals surface area (Å²) in [6.07, 6.45) is 6.94. The number of benzene rings is 1. The van der Waals surface area contributed by atoms with E-state index in [0.717, 1.165) is 57.5 Å². The number of esters is 1. The number of hydrazine groups is 1. The molecule has 0 aliphatic carbocycles. The van der Waals surface area contributed by atoms with Crippen molar-refractivity contribution in [2.45, 2.75) is 104 Å². The van der Waals surface area contributed by atoms with Crippen LogP contribution in [0.25, 0.3) is 27.7 Å². The first-order chi connectivity index (χ1) is 26.9. The lowest BCUT2D eigenvalue weighted by atomic mass is 9.84. The minimum Gasteiger partial charge on any atom is -0.464 e. The summed E-state index contributed by atoms with van der Waals surface area (Å²) in [5.41, 5.74) is 9.17. The van der Waals surface area contributed by atoms with Crippen molar-refractivity contribution in [3.63, 3.8) is 0 Å². The number of nitrogens with one attached hydrogen (secondary N) is 2. The molecule has 13 nitrogen and oxygen atoms in total. The van der Waals surface area contributed by atoms with Gasteiger partial charge in [-0.15, -0.1) is 11.3 Å². The Morgan fingerprint density at radius 1 is 1.23 bits per heavy atom. The number of hydrogen-bond donors (Lipinski definition) is 2. The number of urea groups is 1. The highest BCUT2D eigenvalue weighted by molar-refractivity contribution is 7.10. The molecule has 4 atom stereocenters. The molecule has 5 heterocycles. The molecule has 6 rings (SSSR count). The number of aromatic nitrogens is 2. The SMILES string of the molecule is C=C/C(=C(\N=CC)[C@H](C)OC)c1c2c3cc(ccc3n1CC)-c1csc(n1)C[C@H](NC(=O)N1CCC[C@@H]1COC)C(=O)N1CCC[C@H](N1)C(=O)OCC(C)(C)C2. The molecule has 0 radical (unpaired) electrons. The number of rotatable bonds is 9. The molecule has 2 fully saturated rings. The van der Waals surface area contributed by atoms with Crippen LogP contribution in [0.2, 0.25) is 0 Å². The maximum Gasteiger partial charge on any atom is 0.324 e. The summed E-state index contributed by atoms with van der Waals surface area (Å²) in [4.78, 5) is 53.3. The fourth-order valence-corrected chi connectivity index (χ4v) is 9.03. The molecular weight excluding hydrogens is 731 g/mol. The topological polar surface area (TPSA) is 140 Å². The largest absolute Gasteiger partial charge is 0.464 e. The fourth-order valence-electron chi connectivity index (χ4n) is 8.18. The summed E-state index contributed by atoms with van der Waals surface area (Å²) >= 11 is 1.46. The number of carbonyl (C=O) groups excluding carboxylic acids is 3. The van der Waals surface area contributed by atoms with Gasteiger partial charge in [0, 0.05) is 79.3 Å². The van der Waals surface area contributed by atoms with Crippen LogP contribution in [0.1, 0.15) is 76.6 Å². The zero-order valence-electron chi connectivity index (χ0n) is 33.9. The minimum absolute atomic E-state index is 0.0624. The molecule has 0 unspecified atom stereocenters. The maximum absolute atomic E-state index is 14.3. The third-order valence-corrected chi connectivity index (χ3v) is 11.9. The summed E-state index contributed by atoms with van der Waals surface area (Å²) in [7, 11) is 3.30. The third kappa shape index (κ3) is 8.63. The van der Waals surface area contributed by atoms with Gasteiger partial charge in [-0.05, 0) is 70.6 Å². The lowest BCUT2D eigenvalue weighted by molar-refractivity contribution is -0.155. The lowest BCUT2D eigenvalue weighted by Gasteiger charge is -2.36. The lowest BCUT2D eigenvalue weighted by Crippen LogP contribution is -2.61. The van der Waals surface area contributed by atoms with E-state index in [1.54, 1.807) is 25.3 Å². The molecule has 302 valence electrons. The van der Waals surface area contributed by atoms with Crippen LogP contribution in [0.3, 0.4) is 0 Å². The molecule has 2 N–H and O–H groups in total. The monoisotopic (exact) mass is 787 g/mol. The standard InChI is InChI=1S/C42H57N7O6S/c1-9-29(37(43-10-2)26(4)54-8)38-31-22-42(5,6)25-55-40(51)32-15-13-19-49(46-32)39(50)33(45-41(52)48-18-12-14-28(48)23-53-7)21-36-44-34(24-56-36)27-16-17-35(30(31)20-27)47(38)11-3/h9-10,16-17,20,24,26,28,32-33,46H,1,11-15,18-19,21-23,25H2,2-8H3,(H,45,52)/b37-29+,43-10?/t26-,28+,32-,33-/m0/s1. The molecule has 3 aliphatic heterocycles. The molecule has 6 bridgehead atoms. The van der Waals surface area contributed by atoms with Crippen LogP contribution < -0.4 is 10.7 Å². The summed E-state index contributed by atoms with van der Waals surface area (Å²) < 4.78 is 19.6. The van der Waals surface area contributed by atoms with Crippen molar-refractivity contribution in [3.8, 4) is 11.3 Å². The van der Waals surface area contributed by atoms with E-state index in [1.807, 2.05) is 25.3 Å². The maximum atomic E-state index is 14.3. The summed E-state index contributed by atoms with van der Waals surface area (Å²) in [5.74, 6) is -0.739. The van der Waals surface area contributed by atoms with Crippen LogP contribution in [0.4, 0.5) is 4.79 Å². The zero-order valence-corrected chi connectivity index (χ0v) is 34.7. The molecular formula is C42H57N7O6S. The number of thiazole rings is 1. The van der Waals surface area contributed by atoms with Gasteiger partial charge < -0.3 is 29.0 Å². The van der Waals surface area contributed by atoms with Crippen LogP contribution in [0, 0.1) is 5.41 Å². The van der Waals surface area contributed by atoms with Gasteiger partial charge in [-0.1, -0.05) is 32.6 Å². The number of aryl methyl sites for hydroxylation is 1. The average molecular weight is 788 g/mol. The Morgan fingerprint density at radius 2 is 2.02 bits per heavy atom. The van der Waals surface area contributed by atoms with E-state index in [-0.39, 0.29) is 37.1 Å². The number of methoxy groups -OCH3 is 2. The fraction of sp³-hybridized carbons (Fsp3) is 0.548. The average Bonchev–Trinajstić information content (AvgIpc) is 3.94. The number of likely N-dealkylation sites (tertiary alicyclic amines) is 1. The van der Waals surface area contributed by atoms with E-state index in [1.165, 1.54) is 16.3 Å². The number of carbonyl (C=O) groups is 3. The Morgan fingerprint density at radius 3 is 2.73 bits per heavy atom. The van der Waals surface area contributed by atoms with Crippen molar-refractivity contribution in [1.82, 2.24) is 30.2 Å². The number of nitrogens with zero attached hydrogens (tertiary/aromatic N) is 5. The van der Waals surface area contributed by atoms with Gasteiger partial charge in [0.2, 0.25) is 0 Å². The number of ether oxygens (including phenoxy) is 3. The summed E-state index contributed by atoms with van der Waals surface area (Å²) in [5, 5.41) is 8.29. The molecule has 1 aromatic carbocycles. The van der Waals surface area contributed by atoms with Gasteiger partial charge in [0.05, 0.1) is 47.5 Å². The molecule has 0 spiro atoms. The Hall–Kier alpha value is -4.37. The number of hydrogen-bond acceptors (Lipinski definition) is 10. The molecule has 14 heteroatoms. The van der Waals surface area contributed by atoms with Crippen LogP contribution in [0.5, 0.6) is 0 Å². The highest BCUT2D eigenvalue weighted by Crippen LogP contribution is 2.40. The van der Waals surface area contributed by atoms with Gasteiger partial charge in [-0.2, -0.15) is 0 Å². The Kier molecular flexibility index (Phi) is 13.1. The molecule has 0 saturated carbocycles. The van der Waals surface area contributed by atoms with Crippen molar-refractivity contribution < 1.29 is 28.6 Å². The van der Waals surface area contributed by atoms with Crippen molar-refractivity contribution in [2.75, 3.05) is 40.5 Å². The second-order valence-electron chi connectivity index (χ2n) is 15.6. The van der Waals surface area contributed by atoms with Gasteiger partial charge in [0.1, 0.15) is 12.1 Å². The molecule has 56 heavy (non-hydrogen) atoms. The first kappa shape index (κ1) is 41.3. The Bertz CT molecular complexity index is 2000. The van der Waals surface area contributed by atoms with Gasteiger partial charge in [0.25, 0.3) is 5.91 Å². The number of cyclic esters (lactones) is 1. The first-order valence-corrected chi connectivity index (χ1v) is 20.6. The predicted molar refractivity (Wildman–Crippen MR) is 220 cm³/mol. The summed E-state index contributed by atoms with van der Waals surface area (Å²) in [6, 6.07) is 4.39. The highest BCUT2D eigenvalue weighted by Gasteiger charge is 2.37. The van der Waals surface area contributed by atoms with E-state index in [9.17, 15) is 14.4 Å². The van der Waals surface area contributed by atoms with E-state index in [0.29, 0.717) is 50.5 Å². The van der Waals surface area contributed by atoms with Crippen LogP contribution in [-0.2, 0) is 43.2 Å². The van der Waals surface area contributed by atoms with E-state index in [2.05, 4.69) is 60.9 Å². The van der Waals surface area contributed by atoms with Gasteiger partial charge in [-0.25, -0.2) is 15.2 Å². The highest BCUT2D eigenvalue weighted by atomic mass is 32.1. The van der Waals surface area contributed by atoms with Crippen molar-refractivity contribution >= 4 is 51.9 Å². The molecule has 3 amide bonds. The van der Waals surface area contributed by atoms with Crippen LogP contribution in [0.15, 0.2) is 46.9 Å². The molecule has 3 aromatic rings. The Labute approximate surface area is 334 Å². The molecule has 2 saturated heterocycles. The summed E-state index contributed by atoms with van der Waals surface area (Å²) in [6.45, 7) is 16.7. The van der Waals surface area contributed by atoms with Gasteiger partial charge in [-0.3, -0.25) is 19.6 Å². The van der Waals surface area contributed by atoms with Crippen LogP contribution in [-0.4, -0.2) is 108 Å². The minimum atomic E-state index is -0.917. The van der Waals surface area contributed by atoms with E-state index >= 15 is 0 Å². The number of allylic oxidation sites excluding steroid dienone is 2. The van der Waals surface area contributed by atoms with Crippen molar-refractivity contribution in [3.05, 3.63) is 58.2 Å². The smallest absolute Gasteiger partial charge is 0.324 e. The van der Waals surface area contributed by atoms with Crippen LogP contribution >= 0.6 is 11.3 Å². The normalized spacial score (nSPS) is 22.9. The first-order valence-electron chi connectivity index (χ1n) is 19.7. The Balaban J connectivity index is 1.48. The van der Waals surface area contributed by atoms with Crippen molar-refractivity contribution in [2.24, 2.45) is 10.4 Å². The van der Waals surface area contributed by atoms with Crippen molar-refractivity contribution in [1.29, 1.82) is 0 Å². The number of fused-ring (bicyclic) bond motifs is 6. The quantitative estimate of drug-likeness (QED) is 0.150. The predicted octanol–water partition coefficient (Wildman–Crippen LogP) is 6.16. The van der Waals surface area contributed by atoms with E-state index < -0.39 is 23.5 Å². The third-order valence-electron chi connectivity index (χ3n) is 11.0. The van der Waals surface area contributed by atoms with Gasteiger partial charge >= 0.3 is 12.0 Å². The second-order valence-corrected chi connectivity index (χ2v) is 16.6.